The molecule has 1 atom stereocenters. The summed E-state index contributed by atoms with van der Waals surface area (Å²) in [6.07, 6.45) is 1.71. The Morgan fingerprint density at radius 3 is 2.85 bits per heavy atom. The zero-order valence-electron chi connectivity index (χ0n) is 14.6. The molecular weight excluding hydrogens is 402 g/mol. The van der Waals surface area contributed by atoms with E-state index in [1.807, 2.05) is 19.1 Å². The van der Waals surface area contributed by atoms with Crippen LogP contribution in [-0.2, 0) is 19.1 Å². The summed E-state index contributed by atoms with van der Waals surface area (Å²) in [5.41, 5.74) is 7.32. The lowest BCUT2D eigenvalue weighted by molar-refractivity contribution is -0.136. The van der Waals surface area contributed by atoms with Crippen molar-refractivity contribution < 1.29 is 23.8 Å². The number of nitrogens with two attached hydrogens (primary N) is 1. The number of hydrogen-bond acceptors (Lipinski definition) is 6. The highest BCUT2D eigenvalue weighted by Gasteiger charge is 2.42. The molecule has 7 heteroatoms. The van der Waals surface area contributed by atoms with Crippen LogP contribution in [0.4, 0.5) is 0 Å². The second-order valence-electron chi connectivity index (χ2n) is 6.03. The molecule has 0 saturated carbocycles. The molecule has 2 aliphatic rings. The molecule has 0 bridgehead atoms. The van der Waals surface area contributed by atoms with Gasteiger partial charge >= 0.3 is 5.97 Å². The summed E-state index contributed by atoms with van der Waals surface area (Å²) in [4.78, 5) is 25.2. The van der Waals surface area contributed by atoms with Gasteiger partial charge in [-0.1, -0.05) is 15.9 Å². The molecule has 0 fully saturated rings. The number of methoxy groups -OCH3 is 1. The molecular formula is C19H20BrNO5. The molecule has 1 heterocycles. The summed E-state index contributed by atoms with van der Waals surface area (Å²) in [5, 5.41) is 0. The molecule has 1 aromatic carbocycles. The number of hydrogen-bond donors (Lipinski definition) is 1. The number of ketones is 1. The number of esters is 1. The number of Topliss-reactive ketones (excluding diaryl/α,β-unsaturated/α-hetero) is 1. The molecule has 1 aliphatic heterocycles. The number of allylic oxidation sites excluding steroid dienone is 2. The monoisotopic (exact) mass is 421 g/mol. The van der Waals surface area contributed by atoms with Crippen molar-refractivity contribution in [1.82, 2.24) is 0 Å². The normalized spacial score (nSPS) is 19.8. The SMILES string of the molecule is CCOc1ccc(Br)cc1[C@H]1C(C(=O)OC)=C(N)OC2=C1C(=O)CCC2. The second-order valence-corrected chi connectivity index (χ2v) is 6.95. The second kappa shape index (κ2) is 7.53. The summed E-state index contributed by atoms with van der Waals surface area (Å²) in [5.74, 6) is -0.274. The van der Waals surface area contributed by atoms with E-state index in [0.29, 0.717) is 48.5 Å². The molecule has 0 aromatic heterocycles. The van der Waals surface area contributed by atoms with E-state index < -0.39 is 11.9 Å². The van der Waals surface area contributed by atoms with Crippen molar-refractivity contribution in [1.29, 1.82) is 0 Å². The van der Waals surface area contributed by atoms with E-state index in [9.17, 15) is 9.59 Å². The van der Waals surface area contributed by atoms with E-state index in [1.165, 1.54) is 7.11 Å². The topological polar surface area (TPSA) is 87.8 Å². The minimum atomic E-state index is -0.682. The summed E-state index contributed by atoms with van der Waals surface area (Å²) in [7, 11) is 1.27. The maximum Gasteiger partial charge on any atom is 0.340 e. The zero-order valence-corrected chi connectivity index (χ0v) is 16.2. The van der Waals surface area contributed by atoms with Gasteiger partial charge in [0.05, 0.1) is 19.6 Å². The van der Waals surface area contributed by atoms with Crippen molar-refractivity contribution in [2.75, 3.05) is 13.7 Å². The molecule has 1 aliphatic carbocycles. The van der Waals surface area contributed by atoms with Crippen LogP contribution < -0.4 is 10.5 Å². The fraction of sp³-hybridized carbons (Fsp3) is 0.368. The van der Waals surface area contributed by atoms with Crippen LogP contribution in [0, 0.1) is 0 Å². The lowest BCUT2D eigenvalue weighted by Gasteiger charge is -2.33. The first-order valence-corrected chi connectivity index (χ1v) is 9.21. The molecule has 0 radical (unpaired) electrons. The summed E-state index contributed by atoms with van der Waals surface area (Å²) < 4.78 is 17.1. The summed E-state index contributed by atoms with van der Waals surface area (Å²) in [6, 6.07) is 5.48. The number of carbonyl (C=O) groups excluding carboxylic acids is 2. The average Bonchev–Trinajstić information content (AvgIpc) is 2.62. The van der Waals surface area contributed by atoms with Gasteiger partial charge in [0.1, 0.15) is 17.1 Å². The first kappa shape index (κ1) is 18.5. The Morgan fingerprint density at radius 1 is 1.38 bits per heavy atom. The fourth-order valence-corrected chi connectivity index (χ4v) is 3.79. The highest BCUT2D eigenvalue weighted by Crippen LogP contribution is 2.47. The maximum absolute atomic E-state index is 12.7. The highest BCUT2D eigenvalue weighted by molar-refractivity contribution is 9.10. The van der Waals surface area contributed by atoms with Gasteiger partial charge in [0, 0.05) is 28.5 Å². The van der Waals surface area contributed by atoms with Crippen LogP contribution in [0.15, 0.2) is 45.5 Å². The molecule has 3 rings (SSSR count). The summed E-state index contributed by atoms with van der Waals surface area (Å²) >= 11 is 3.46. The van der Waals surface area contributed by atoms with E-state index >= 15 is 0 Å². The predicted octanol–water partition coefficient (Wildman–Crippen LogP) is 3.31. The van der Waals surface area contributed by atoms with Crippen molar-refractivity contribution in [2.24, 2.45) is 5.73 Å². The smallest absolute Gasteiger partial charge is 0.340 e. The van der Waals surface area contributed by atoms with Crippen molar-refractivity contribution in [3.05, 3.63) is 51.0 Å². The van der Waals surface area contributed by atoms with E-state index in [2.05, 4.69) is 15.9 Å². The molecule has 0 spiro atoms. The van der Waals surface area contributed by atoms with Crippen LogP contribution in [0.25, 0.3) is 0 Å². The Kier molecular flexibility index (Phi) is 5.36. The van der Waals surface area contributed by atoms with Crippen LogP contribution in [0.3, 0.4) is 0 Å². The van der Waals surface area contributed by atoms with Crippen molar-refractivity contribution in [2.45, 2.75) is 32.1 Å². The van der Waals surface area contributed by atoms with Gasteiger partial charge in [0.2, 0.25) is 5.88 Å². The number of halogens is 1. The van der Waals surface area contributed by atoms with Crippen molar-refractivity contribution >= 4 is 27.7 Å². The molecule has 6 nitrogen and oxygen atoms in total. The van der Waals surface area contributed by atoms with E-state index in [-0.39, 0.29) is 17.2 Å². The van der Waals surface area contributed by atoms with Gasteiger partial charge in [-0.05, 0) is 31.5 Å². The minimum absolute atomic E-state index is 0.0299. The third-order valence-electron chi connectivity index (χ3n) is 4.47. The quantitative estimate of drug-likeness (QED) is 0.750. The Balaban J connectivity index is 2.26. The number of ether oxygens (including phenoxy) is 3. The zero-order chi connectivity index (χ0) is 18.8. The van der Waals surface area contributed by atoms with E-state index in [1.54, 1.807) is 6.07 Å². The number of rotatable bonds is 4. The first-order valence-electron chi connectivity index (χ1n) is 8.42. The lowest BCUT2D eigenvalue weighted by Crippen LogP contribution is -2.31. The number of carbonyl (C=O) groups is 2. The molecule has 0 amide bonds. The summed E-state index contributed by atoms with van der Waals surface area (Å²) in [6.45, 7) is 2.32. The Hall–Kier alpha value is -2.28. The van der Waals surface area contributed by atoms with Crippen LogP contribution in [-0.4, -0.2) is 25.5 Å². The molecule has 26 heavy (non-hydrogen) atoms. The molecule has 138 valence electrons. The Labute approximate surface area is 160 Å². The van der Waals surface area contributed by atoms with Gasteiger partial charge < -0.3 is 19.9 Å². The third-order valence-corrected chi connectivity index (χ3v) is 4.97. The van der Waals surface area contributed by atoms with Crippen molar-refractivity contribution in [3.8, 4) is 5.75 Å². The van der Waals surface area contributed by atoms with Gasteiger partial charge in [-0.25, -0.2) is 4.79 Å². The van der Waals surface area contributed by atoms with Crippen LogP contribution >= 0.6 is 15.9 Å². The van der Waals surface area contributed by atoms with Gasteiger partial charge in [-0.2, -0.15) is 0 Å². The number of benzene rings is 1. The molecule has 0 unspecified atom stereocenters. The third kappa shape index (κ3) is 3.23. The largest absolute Gasteiger partial charge is 0.494 e. The van der Waals surface area contributed by atoms with Crippen LogP contribution in [0.5, 0.6) is 5.75 Å². The van der Waals surface area contributed by atoms with Gasteiger partial charge in [0.15, 0.2) is 5.78 Å². The molecule has 1 aromatic rings. The van der Waals surface area contributed by atoms with Gasteiger partial charge in [-0.15, -0.1) is 0 Å². The average molecular weight is 422 g/mol. The van der Waals surface area contributed by atoms with Gasteiger partial charge in [0.25, 0.3) is 0 Å². The van der Waals surface area contributed by atoms with Crippen LogP contribution in [0.2, 0.25) is 0 Å². The fourth-order valence-electron chi connectivity index (χ4n) is 3.41. The maximum atomic E-state index is 12.7. The van der Waals surface area contributed by atoms with E-state index in [4.69, 9.17) is 19.9 Å². The van der Waals surface area contributed by atoms with Crippen LogP contribution in [0.1, 0.15) is 37.7 Å². The Bertz CT molecular complexity index is 827. The first-order chi connectivity index (χ1) is 12.5. The standard InChI is InChI=1S/C19H20BrNO5/c1-3-25-13-8-7-10(20)9-11(13)15-16-12(22)5-4-6-14(16)26-18(21)17(15)19(23)24-2/h7-9,15H,3-6,21H2,1-2H3/t15-/m1/s1. The predicted molar refractivity (Wildman–Crippen MR) is 98.3 cm³/mol. The molecule has 0 saturated heterocycles. The lowest BCUT2D eigenvalue weighted by atomic mass is 9.77. The Morgan fingerprint density at radius 2 is 2.15 bits per heavy atom. The van der Waals surface area contributed by atoms with E-state index in [0.717, 1.165) is 4.47 Å². The van der Waals surface area contributed by atoms with Gasteiger partial charge in [-0.3, -0.25) is 4.79 Å². The molecule has 2 N–H and O–H groups in total. The minimum Gasteiger partial charge on any atom is -0.494 e. The van der Waals surface area contributed by atoms with Crippen molar-refractivity contribution in [3.63, 3.8) is 0 Å². The highest BCUT2D eigenvalue weighted by atomic mass is 79.9.